The molecule has 2 heterocycles. The molecule has 6 nitrogen and oxygen atoms in total. The maximum Gasteiger partial charge on any atom is 0.0862 e. The third kappa shape index (κ3) is 4.64. The topological polar surface area (TPSA) is 80.2 Å². The van der Waals surface area contributed by atoms with E-state index in [0.29, 0.717) is 18.8 Å². The van der Waals surface area contributed by atoms with Crippen LogP contribution < -0.4 is 5.73 Å². The van der Waals surface area contributed by atoms with Gasteiger partial charge >= 0.3 is 0 Å². The molecular weight excluding hydrogens is 254 g/mol. The van der Waals surface area contributed by atoms with E-state index in [4.69, 9.17) is 5.73 Å². The van der Waals surface area contributed by atoms with E-state index in [1.54, 1.807) is 29.5 Å². The molecule has 2 rings (SSSR count). The van der Waals surface area contributed by atoms with Crippen molar-refractivity contribution < 1.29 is 5.11 Å². The molecule has 0 amide bonds. The molecule has 0 aliphatic heterocycles. The fourth-order valence-electron chi connectivity index (χ4n) is 2.07. The molecule has 2 aromatic heterocycles. The van der Waals surface area contributed by atoms with E-state index in [0.717, 1.165) is 13.0 Å². The first-order valence-electron chi connectivity index (χ1n) is 6.67. The van der Waals surface area contributed by atoms with Gasteiger partial charge in [0, 0.05) is 31.7 Å². The number of nitrogens with two attached hydrogens (primary N) is 1. The Bertz CT molecular complexity index is 513. The molecule has 2 aromatic rings. The molecule has 0 aromatic carbocycles. The number of hydrogen-bond donors (Lipinski definition) is 2. The van der Waals surface area contributed by atoms with Gasteiger partial charge in [0.05, 0.1) is 24.5 Å². The van der Waals surface area contributed by atoms with Gasteiger partial charge in [0.15, 0.2) is 0 Å². The number of nitrogens with zero attached hydrogens (tertiary/aromatic N) is 4. The normalized spacial score (nSPS) is 12.8. The maximum absolute atomic E-state index is 10.0. The van der Waals surface area contributed by atoms with Gasteiger partial charge < -0.3 is 15.7 Å². The summed E-state index contributed by atoms with van der Waals surface area (Å²) in [7, 11) is 2.00. The summed E-state index contributed by atoms with van der Waals surface area (Å²) in [4.78, 5) is 6.11. The molecule has 0 bridgehead atoms. The number of likely N-dealkylation sites (N-methyl/N-ethyl adjacent to an activating group) is 1. The van der Waals surface area contributed by atoms with Gasteiger partial charge in [-0.2, -0.15) is 5.10 Å². The lowest BCUT2D eigenvalue weighted by Gasteiger charge is -2.20. The molecule has 0 saturated heterocycles. The van der Waals surface area contributed by atoms with Gasteiger partial charge in [-0.05, 0) is 31.2 Å². The molecule has 0 aliphatic rings. The van der Waals surface area contributed by atoms with Crippen molar-refractivity contribution in [3.05, 3.63) is 42.5 Å². The van der Waals surface area contributed by atoms with Crippen molar-refractivity contribution in [3.63, 3.8) is 0 Å². The monoisotopic (exact) mass is 275 g/mol. The molecule has 3 N–H and O–H groups in total. The van der Waals surface area contributed by atoms with Crippen molar-refractivity contribution in [2.45, 2.75) is 19.1 Å². The summed E-state index contributed by atoms with van der Waals surface area (Å²) in [6.07, 6.45) is 7.38. The average Bonchev–Trinajstić information content (AvgIpc) is 2.83. The van der Waals surface area contributed by atoms with Gasteiger partial charge in [-0.15, -0.1) is 0 Å². The first-order valence-corrected chi connectivity index (χ1v) is 6.67. The predicted octanol–water partition coefficient (Wildman–Crippen LogP) is 0.396. The highest BCUT2D eigenvalue weighted by Crippen LogP contribution is 2.02. The summed E-state index contributed by atoms with van der Waals surface area (Å²) in [6.45, 7) is 1.95. The highest BCUT2D eigenvalue weighted by atomic mass is 16.3. The number of rotatable bonds is 7. The molecule has 1 atom stereocenters. The highest BCUT2D eigenvalue weighted by Gasteiger charge is 2.09. The lowest BCUT2D eigenvalue weighted by molar-refractivity contribution is 0.107. The number of anilines is 1. The molecular formula is C14H21N5O. The van der Waals surface area contributed by atoms with Crippen molar-refractivity contribution in [1.82, 2.24) is 19.7 Å². The second-order valence-corrected chi connectivity index (χ2v) is 5.02. The Hall–Kier alpha value is -1.92. The van der Waals surface area contributed by atoms with Crippen LogP contribution in [0.2, 0.25) is 0 Å². The highest BCUT2D eigenvalue weighted by molar-refractivity contribution is 5.30. The minimum absolute atomic E-state index is 0.455. The first kappa shape index (κ1) is 14.5. The van der Waals surface area contributed by atoms with Gasteiger partial charge in [0.2, 0.25) is 0 Å². The molecule has 108 valence electrons. The fourth-order valence-corrected chi connectivity index (χ4v) is 2.07. The average molecular weight is 275 g/mol. The van der Waals surface area contributed by atoms with Crippen LogP contribution in [-0.2, 0) is 13.0 Å². The van der Waals surface area contributed by atoms with Crippen LogP contribution >= 0.6 is 0 Å². The zero-order valence-electron chi connectivity index (χ0n) is 11.7. The van der Waals surface area contributed by atoms with Crippen LogP contribution in [0.4, 0.5) is 5.69 Å². The number of nitrogen functional groups attached to an aromatic ring is 1. The minimum Gasteiger partial charge on any atom is -0.396 e. The van der Waals surface area contributed by atoms with Gasteiger partial charge in [0.25, 0.3) is 0 Å². The molecule has 0 spiro atoms. The van der Waals surface area contributed by atoms with Crippen molar-refractivity contribution in [2.75, 3.05) is 25.9 Å². The quantitative estimate of drug-likeness (QED) is 0.764. The van der Waals surface area contributed by atoms with Crippen molar-refractivity contribution in [1.29, 1.82) is 0 Å². The molecule has 20 heavy (non-hydrogen) atoms. The van der Waals surface area contributed by atoms with Crippen LogP contribution in [0.3, 0.4) is 0 Å². The van der Waals surface area contributed by atoms with E-state index >= 15 is 0 Å². The Balaban J connectivity index is 1.72. The van der Waals surface area contributed by atoms with Crippen molar-refractivity contribution in [2.24, 2.45) is 0 Å². The Morgan fingerprint density at radius 1 is 1.40 bits per heavy atom. The summed E-state index contributed by atoms with van der Waals surface area (Å²) >= 11 is 0. The number of aliphatic hydroxyl groups is 1. The molecule has 0 saturated carbocycles. The lowest BCUT2D eigenvalue weighted by atomic mass is 10.2. The zero-order valence-corrected chi connectivity index (χ0v) is 11.7. The van der Waals surface area contributed by atoms with Crippen LogP contribution in [0.1, 0.15) is 5.56 Å². The summed E-state index contributed by atoms with van der Waals surface area (Å²) in [5, 5.41) is 14.1. The van der Waals surface area contributed by atoms with Crippen molar-refractivity contribution >= 4 is 5.69 Å². The predicted molar refractivity (Wildman–Crippen MR) is 78.1 cm³/mol. The van der Waals surface area contributed by atoms with Crippen LogP contribution in [0.25, 0.3) is 0 Å². The lowest BCUT2D eigenvalue weighted by Crippen LogP contribution is -2.33. The smallest absolute Gasteiger partial charge is 0.0862 e. The SMILES string of the molecule is CN(CCc1ccncc1)CC(O)Cn1cc(N)cn1. The van der Waals surface area contributed by atoms with Crippen LogP contribution in [-0.4, -0.2) is 51.0 Å². The summed E-state index contributed by atoms with van der Waals surface area (Å²) < 4.78 is 1.66. The zero-order chi connectivity index (χ0) is 14.4. The van der Waals surface area contributed by atoms with E-state index in [1.807, 2.05) is 19.2 Å². The summed E-state index contributed by atoms with van der Waals surface area (Å²) in [6, 6.07) is 4.02. The number of aromatic nitrogens is 3. The minimum atomic E-state index is -0.461. The van der Waals surface area contributed by atoms with E-state index in [9.17, 15) is 5.11 Å². The Labute approximate surface area is 118 Å². The van der Waals surface area contributed by atoms with Gasteiger partial charge in [-0.1, -0.05) is 0 Å². The molecule has 1 unspecified atom stereocenters. The first-order chi connectivity index (χ1) is 9.63. The van der Waals surface area contributed by atoms with E-state index < -0.39 is 6.10 Å². The Morgan fingerprint density at radius 2 is 2.15 bits per heavy atom. The number of pyridine rings is 1. The molecule has 0 aliphatic carbocycles. The van der Waals surface area contributed by atoms with Crippen molar-refractivity contribution in [3.8, 4) is 0 Å². The Kier molecular flexibility index (Phi) is 5.09. The molecule has 0 fully saturated rings. The number of aliphatic hydroxyl groups excluding tert-OH is 1. The molecule has 0 radical (unpaired) electrons. The fraction of sp³-hybridized carbons (Fsp3) is 0.429. The summed E-state index contributed by atoms with van der Waals surface area (Å²) in [5.41, 5.74) is 7.45. The van der Waals surface area contributed by atoms with E-state index in [2.05, 4.69) is 15.0 Å². The van der Waals surface area contributed by atoms with E-state index in [-0.39, 0.29) is 0 Å². The van der Waals surface area contributed by atoms with Crippen LogP contribution in [0.5, 0.6) is 0 Å². The second kappa shape index (κ2) is 7.02. The second-order valence-electron chi connectivity index (χ2n) is 5.02. The standard InChI is InChI=1S/C14H21N5O/c1-18(7-4-12-2-5-16-6-3-12)10-14(20)11-19-9-13(15)8-17-19/h2-3,5-6,8-9,14,20H,4,7,10-11,15H2,1H3. The van der Waals surface area contributed by atoms with Gasteiger partial charge in [0.1, 0.15) is 0 Å². The van der Waals surface area contributed by atoms with Crippen LogP contribution in [0, 0.1) is 0 Å². The van der Waals surface area contributed by atoms with Gasteiger partial charge in [-0.25, -0.2) is 0 Å². The third-order valence-corrected chi connectivity index (χ3v) is 3.11. The number of hydrogen-bond acceptors (Lipinski definition) is 5. The maximum atomic E-state index is 10.0. The Morgan fingerprint density at radius 3 is 2.80 bits per heavy atom. The van der Waals surface area contributed by atoms with Gasteiger partial charge in [-0.3, -0.25) is 9.67 Å². The third-order valence-electron chi connectivity index (χ3n) is 3.11. The van der Waals surface area contributed by atoms with E-state index in [1.165, 1.54) is 5.56 Å². The largest absolute Gasteiger partial charge is 0.396 e. The summed E-state index contributed by atoms with van der Waals surface area (Å²) in [5.74, 6) is 0. The van der Waals surface area contributed by atoms with Crippen LogP contribution in [0.15, 0.2) is 36.9 Å². The molecule has 6 heteroatoms.